The zero-order valence-electron chi connectivity index (χ0n) is 9.47. The summed E-state index contributed by atoms with van der Waals surface area (Å²) in [4.78, 5) is 6.51. The highest BCUT2D eigenvalue weighted by atomic mass is 79.9. The Labute approximate surface area is 130 Å². The van der Waals surface area contributed by atoms with Crippen LogP contribution in [0.2, 0.25) is 10.2 Å². The first-order valence-electron chi connectivity index (χ1n) is 5.09. The quantitative estimate of drug-likeness (QED) is 0.711. The van der Waals surface area contributed by atoms with Crippen molar-refractivity contribution in [3.05, 3.63) is 44.7 Å². The van der Waals surface area contributed by atoms with Gasteiger partial charge < -0.3 is 5.32 Å². The van der Waals surface area contributed by atoms with Gasteiger partial charge in [0, 0.05) is 16.2 Å². The Kier molecular flexibility index (Phi) is 4.41. The maximum Gasteiger partial charge on any atom is 0.451 e. The summed E-state index contributed by atoms with van der Waals surface area (Å²) in [6, 6.07) is 5.97. The molecule has 0 aliphatic rings. The highest BCUT2D eigenvalue weighted by Crippen LogP contribution is 2.30. The van der Waals surface area contributed by atoms with E-state index in [4.69, 9.17) is 23.2 Å². The van der Waals surface area contributed by atoms with E-state index in [1.165, 1.54) is 6.07 Å². The van der Waals surface area contributed by atoms with Crippen molar-refractivity contribution >= 4 is 50.6 Å². The van der Waals surface area contributed by atoms with E-state index < -0.39 is 12.0 Å². The molecule has 1 N–H and O–H groups in total. The molecule has 1 aromatic heterocycles. The van der Waals surface area contributed by atoms with Gasteiger partial charge >= 0.3 is 6.18 Å². The second-order valence-corrected chi connectivity index (χ2v) is 5.30. The molecule has 2 aromatic rings. The van der Waals surface area contributed by atoms with Crippen molar-refractivity contribution in [3.8, 4) is 0 Å². The summed E-state index contributed by atoms with van der Waals surface area (Å²) in [5.74, 6) is -1.37. The number of halogens is 6. The van der Waals surface area contributed by atoms with Crippen molar-refractivity contribution in [2.24, 2.45) is 0 Å². The van der Waals surface area contributed by atoms with Gasteiger partial charge in [0.05, 0.1) is 5.02 Å². The van der Waals surface area contributed by atoms with Gasteiger partial charge in [0.2, 0.25) is 5.82 Å². The first-order valence-corrected chi connectivity index (χ1v) is 6.64. The van der Waals surface area contributed by atoms with Crippen molar-refractivity contribution in [3.63, 3.8) is 0 Å². The molecule has 106 valence electrons. The highest BCUT2D eigenvalue weighted by Gasteiger charge is 2.35. The van der Waals surface area contributed by atoms with E-state index in [0.717, 1.165) is 0 Å². The van der Waals surface area contributed by atoms with E-state index in [1.54, 1.807) is 18.2 Å². The number of hydrogen-bond acceptors (Lipinski definition) is 3. The van der Waals surface area contributed by atoms with Crippen LogP contribution in [0.5, 0.6) is 0 Å². The van der Waals surface area contributed by atoms with Gasteiger partial charge in [-0.15, -0.1) is 0 Å². The fourth-order valence-electron chi connectivity index (χ4n) is 1.33. The molecule has 0 radical (unpaired) electrons. The molecule has 0 aliphatic heterocycles. The first-order chi connectivity index (χ1) is 9.25. The lowest BCUT2D eigenvalue weighted by Gasteiger charge is -2.10. The van der Waals surface area contributed by atoms with Gasteiger partial charge in [0.15, 0.2) is 0 Å². The predicted octanol–water partition coefficient (Wildman–Crippen LogP) is 5.31. The molecule has 2 rings (SSSR count). The summed E-state index contributed by atoms with van der Waals surface area (Å²) in [5, 5.41) is 2.88. The Hall–Kier alpha value is -1.05. The molecule has 0 bridgehead atoms. The van der Waals surface area contributed by atoms with Gasteiger partial charge in [-0.05, 0) is 34.1 Å². The van der Waals surface area contributed by atoms with E-state index in [-0.39, 0.29) is 11.0 Å². The normalized spacial score (nSPS) is 11.5. The van der Waals surface area contributed by atoms with Crippen LogP contribution in [-0.4, -0.2) is 9.97 Å². The number of aromatic nitrogens is 2. The van der Waals surface area contributed by atoms with Crippen LogP contribution in [0, 0.1) is 0 Å². The van der Waals surface area contributed by atoms with Crippen LogP contribution in [0.4, 0.5) is 24.7 Å². The molecule has 1 heterocycles. The van der Waals surface area contributed by atoms with Crippen LogP contribution in [0.3, 0.4) is 0 Å². The van der Waals surface area contributed by atoms with Crippen molar-refractivity contribution in [1.29, 1.82) is 0 Å². The van der Waals surface area contributed by atoms with Crippen molar-refractivity contribution in [1.82, 2.24) is 9.97 Å². The van der Waals surface area contributed by atoms with Crippen LogP contribution >= 0.6 is 39.1 Å². The lowest BCUT2D eigenvalue weighted by Crippen LogP contribution is -2.12. The molecule has 0 spiro atoms. The second kappa shape index (κ2) is 5.75. The van der Waals surface area contributed by atoms with E-state index in [0.29, 0.717) is 15.2 Å². The number of nitrogens with one attached hydrogen (secondary N) is 1. The van der Waals surface area contributed by atoms with E-state index >= 15 is 0 Å². The van der Waals surface area contributed by atoms with Gasteiger partial charge in [0.25, 0.3) is 0 Å². The van der Waals surface area contributed by atoms with Gasteiger partial charge in [-0.3, -0.25) is 0 Å². The minimum Gasteiger partial charge on any atom is -0.340 e. The van der Waals surface area contributed by atoms with E-state index in [1.807, 2.05) is 0 Å². The van der Waals surface area contributed by atoms with Crippen molar-refractivity contribution in [2.45, 2.75) is 6.18 Å². The van der Waals surface area contributed by atoms with Crippen molar-refractivity contribution in [2.75, 3.05) is 5.32 Å². The minimum absolute atomic E-state index is 0.0634. The van der Waals surface area contributed by atoms with Crippen LogP contribution in [0.25, 0.3) is 0 Å². The fourth-order valence-corrected chi connectivity index (χ4v) is 2.01. The molecule has 0 saturated carbocycles. The zero-order valence-corrected chi connectivity index (χ0v) is 12.6. The number of hydrogen-bond donors (Lipinski definition) is 1. The molecule has 1 aromatic carbocycles. The maximum atomic E-state index is 12.6. The van der Waals surface area contributed by atoms with Gasteiger partial charge in [-0.2, -0.15) is 13.2 Å². The first kappa shape index (κ1) is 15.3. The number of benzene rings is 1. The number of anilines is 2. The Morgan fingerprint density at radius 3 is 2.40 bits per heavy atom. The van der Waals surface area contributed by atoms with Gasteiger partial charge in [-0.25, -0.2) is 9.97 Å². The summed E-state index contributed by atoms with van der Waals surface area (Å²) in [6.07, 6.45) is -4.66. The molecule has 0 atom stereocenters. The molecule has 20 heavy (non-hydrogen) atoms. The SMILES string of the molecule is FC(F)(F)c1nc(Cl)cc(Nc2ccc(Cl)c(Br)c2)n1. The molecule has 3 nitrogen and oxygen atoms in total. The third kappa shape index (κ3) is 3.74. The molecule has 0 fully saturated rings. The average molecular weight is 387 g/mol. The predicted molar refractivity (Wildman–Crippen MR) is 74.5 cm³/mol. The highest BCUT2D eigenvalue weighted by molar-refractivity contribution is 9.10. The maximum absolute atomic E-state index is 12.6. The minimum atomic E-state index is -4.66. The third-order valence-electron chi connectivity index (χ3n) is 2.14. The largest absolute Gasteiger partial charge is 0.451 e. The van der Waals surface area contributed by atoms with Gasteiger partial charge in [0.1, 0.15) is 11.0 Å². The van der Waals surface area contributed by atoms with E-state index in [2.05, 4.69) is 31.2 Å². The van der Waals surface area contributed by atoms with Crippen LogP contribution in [-0.2, 0) is 6.18 Å². The topological polar surface area (TPSA) is 37.8 Å². The zero-order chi connectivity index (χ0) is 14.9. The van der Waals surface area contributed by atoms with Crippen LogP contribution in [0.15, 0.2) is 28.7 Å². The Morgan fingerprint density at radius 2 is 1.80 bits per heavy atom. The summed E-state index contributed by atoms with van der Waals surface area (Å²) in [7, 11) is 0. The Bertz CT molecular complexity index is 649. The number of alkyl halides is 3. The summed E-state index contributed by atoms with van der Waals surface area (Å²) in [6.45, 7) is 0. The number of rotatable bonds is 2. The molecule has 9 heteroatoms. The Balaban J connectivity index is 2.33. The standard InChI is InChI=1S/C11H5BrCl2F3N3/c12-6-3-5(1-2-7(6)13)18-9-4-8(14)19-10(20-9)11(15,16)17/h1-4H,(H,18,19,20). The molecule has 0 unspecified atom stereocenters. The average Bonchev–Trinajstić information content (AvgIpc) is 2.32. The second-order valence-electron chi connectivity index (χ2n) is 3.65. The van der Waals surface area contributed by atoms with Crippen LogP contribution < -0.4 is 5.32 Å². The summed E-state index contributed by atoms with van der Waals surface area (Å²) in [5.41, 5.74) is 0.504. The number of nitrogens with zero attached hydrogens (tertiary/aromatic N) is 2. The smallest absolute Gasteiger partial charge is 0.340 e. The van der Waals surface area contributed by atoms with Gasteiger partial charge in [-0.1, -0.05) is 23.2 Å². The lowest BCUT2D eigenvalue weighted by atomic mass is 10.3. The summed E-state index contributed by atoms with van der Waals surface area (Å²) < 4.78 is 38.3. The summed E-state index contributed by atoms with van der Waals surface area (Å²) >= 11 is 14.6. The molecule has 0 aliphatic carbocycles. The molecule has 0 saturated heterocycles. The van der Waals surface area contributed by atoms with E-state index in [9.17, 15) is 13.2 Å². The van der Waals surface area contributed by atoms with Crippen LogP contribution in [0.1, 0.15) is 5.82 Å². The molecular formula is C11H5BrCl2F3N3. The monoisotopic (exact) mass is 385 g/mol. The molecular weight excluding hydrogens is 382 g/mol. The van der Waals surface area contributed by atoms with Crippen molar-refractivity contribution < 1.29 is 13.2 Å². The lowest BCUT2D eigenvalue weighted by molar-refractivity contribution is -0.144. The molecule has 0 amide bonds. The fraction of sp³-hybridized carbons (Fsp3) is 0.0909. The third-order valence-corrected chi connectivity index (χ3v) is 3.55. The Morgan fingerprint density at radius 1 is 1.10 bits per heavy atom.